The van der Waals surface area contributed by atoms with Crippen molar-refractivity contribution in [2.24, 2.45) is 0 Å². The Morgan fingerprint density at radius 3 is 2.25 bits per heavy atom. The van der Waals surface area contributed by atoms with Crippen molar-refractivity contribution in [3.8, 4) is 0 Å². The van der Waals surface area contributed by atoms with E-state index in [9.17, 15) is 9.59 Å². The second kappa shape index (κ2) is 13.7. The van der Waals surface area contributed by atoms with E-state index in [0.29, 0.717) is 17.6 Å². The highest BCUT2D eigenvalue weighted by atomic mass is 16.2. The third-order valence-corrected chi connectivity index (χ3v) is 7.55. The fourth-order valence-electron chi connectivity index (χ4n) is 5.42. The molecule has 0 aromatic heterocycles. The maximum Gasteiger partial charge on any atom is 0.258 e. The number of anilines is 2. The first-order valence-corrected chi connectivity index (χ1v) is 14.3. The summed E-state index contributed by atoms with van der Waals surface area (Å²) < 4.78 is 0. The molecular formula is C36H40N2O2. The lowest BCUT2D eigenvalue weighted by atomic mass is 9.89. The number of benzene rings is 3. The molecule has 0 bridgehead atoms. The van der Waals surface area contributed by atoms with Crippen LogP contribution in [0.2, 0.25) is 0 Å². The van der Waals surface area contributed by atoms with Crippen LogP contribution in [0.3, 0.4) is 0 Å². The van der Waals surface area contributed by atoms with Crippen molar-refractivity contribution in [2.75, 3.05) is 9.80 Å². The number of hydrogen-bond acceptors (Lipinski definition) is 2. The Labute approximate surface area is 239 Å². The first-order chi connectivity index (χ1) is 19.5. The van der Waals surface area contributed by atoms with E-state index in [1.54, 1.807) is 6.08 Å². The second-order valence-corrected chi connectivity index (χ2v) is 10.5. The predicted octanol–water partition coefficient (Wildman–Crippen LogP) is 8.84. The van der Waals surface area contributed by atoms with E-state index in [1.165, 1.54) is 18.4 Å². The molecule has 4 nitrogen and oxygen atoms in total. The molecule has 4 rings (SSSR count). The molecule has 40 heavy (non-hydrogen) atoms. The van der Waals surface area contributed by atoms with Crippen LogP contribution in [-0.4, -0.2) is 17.9 Å². The van der Waals surface area contributed by atoms with Crippen molar-refractivity contribution in [3.05, 3.63) is 132 Å². The van der Waals surface area contributed by atoms with Gasteiger partial charge < -0.3 is 9.80 Å². The number of carbonyl (C=O) groups is 2. The van der Waals surface area contributed by atoms with E-state index in [4.69, 9.17) is 0 Å². The van der Waals surface area contributed by atoms with E-state index >= 15 is 0 Å². The van der Waals surface area contributed by atoms with E-state index in [-0.39, 0.29) is 23.9 Å². The van der Waals surface area contributed by atoms with Crippen LogP contribution in [0.4, 0.5) is 11.4 Å². The van der Waals surface area contributed by atoms with E-state index in [1.807, 2.05) is 107 Å². The summed E-state index contributed by atoms with van der Waals surface area (Å²) >= 11 is 0. The molecule has 2 unspecified atom stereocenters. The zero-order valence-electron chi connectivity index (χ0n) is 23.9. The van der Waals surface area contributed by atoms with Gasteiger partial charge in [-0.2, -0.15) is 0 Å². The van der Waals surface area contributed by atoms with Crippen LogP contribution in [0.1, 0.15) is 74.8 Å². The monoisotopic (exact) mass is 532 g/mol. The molecule has 1 aliphatic rings. The second-order valence-electron chi connectivity index (χ2n) is 10.5. The van der Waals surface area contributed by atoms with Crippen LogP contribution in [0, 0.1) is 0 Å². The summed E-state index contributed by atoms with van der Waals surface area (Å²) in [6.45, 7) is 10.3. The third kappa shape index (κ3) is 6.51. The molecule has 3 aromatic carbocycles. The Kier molecular flexibility index (Phi) is 9.91. The Balaban J connectivity index is 1.72. The summed E-state index contributed by atoms with van der Waals surface area (Å²) in [5.41, 5.74) is 5.07. The van der Waals surface area contributed by atoms with Gasteiger partial charge in [0.2, 0.25) is 0 Å². The van der Waals surface area contributed by atoms with Crippen LogP contribution < -0.4 is 9.80 Å². The van der Waals surface area contributed by atoms with Crippen molar-refractivity contribution < 1.29 is 9.59 Å². The molecule has 2 amide bonds. The standard InChI is InChI=1S/C36H40N2O2/c1-5-7-10-17-27(3)24-25-29(6-2)35(39)37-28(4)26-34(32-22-15-16-23-33(32)37)38(31-20-13-9-14-21-31)36(40)30-18-11-8-12-19-30/h6,8-9,11-16,18-25,28,34H,2,5,7,10,17,26H2,1,3-4H3/b27-24+,29-25+. The maximum absolute atomic E-state index is 14.0. The number of amides is 2. The summed E-state index contributed by atoms with van der Waals surface area (Å²) in [6, 6.07) is 26.8. The van der Waals surface area contributed by atoms with Gasteiger partial charge in [-0.15, -0.1) is 0 Å². The molecule has 3 aromatic rings. The lowest BCUT2D eigenvalue weighted by Gasteiger charge is -2.43. The average Bonchev–Trinajstić information content (AvgIpc) is 2.98. The highest BCUT2D eigenvalue weighted by molar-refractivity contribution is 6.10. The molecule has 0 saturated carbocycles. The maximum atomic E-state index is 14.0. The Morgan fingerprint density at radius 1 is 0.925 bits per heavy atom. The van der Waals surface area contributed by atoms with E-state index in [2.05, 4.69) is 27.4 Å². The minimum atomic E-state index is -0.234. The number of unbranched alkanes of at least 4 members (excludes halogenated alkanes) is 2. The molecule has 0 N–H and O–H groups in total. The van der Waals surface area contributed by atoms with E-state index < -0.39 is 0 Å². The highest BCUT2D eigenvalue weighted by Gasteiger charge is 2.39. The summed E-state index contributed by atoms with van der Waals surface area (Å²) in [5, 5.41) is 0. The molecule has 1 aliphatic heterocycles. The zero-order chi connectivity index (χ0) is 28.5. The smallest absolute Gasteiger partial charge is 0.258 e. The van der Waals surface area contributed by atoms with Gasteiger partial charge >= 0.3 is 0 Å². The van der Waals surface area contributed by atoms with Gasteiger partial charge in [-0.3, -0.25) is 9.59 Å². The minimum absolute atomic E-state index is 0.0612. The number of carbonyl (C=O) groups excluding carboxylic acids is 2. The van der Waals surface area contributed by atoms with Crippen LogP contribution in [-0.2, 0) is 4.79 Å². The molecule has 0 aliphatic carbocycles. The van der Waals surface area contributed by atoms with Crippen molar-refractivity contribution in [2.45, 2.75) is 65.0 Å². The van der Waals surface area contributed by atoms with Gasteiger partial charge in [0.15, 0.2) is 0 Å². The van der Waals surface area contributed by atoms with Gasteiger partial charge in [0, 0.05) is 28.6 Å². The fraction of sp³-hybridized carbons (Fsp3) is 0.278. The first-order valence-electron chi connectivity index (χ1n) is 14.3. The van der Waals surface area contributed by atoms with Crippen LogP contribution >= 0.6 is 0 Å². The van der Waals surface area contributed by atoms with E-state index in [0.717, 1.165) is 29.8 Å². The predicted molar refractivity (Wildman–Crippen MR) is 167 cm³/mol. The largest absolute Gasteiger partial charge is 0.305 e. The molecule has 206 valence electrons. The SMILES string of the molecule is C=C/C(=C\C=C(/C)CCCCC)C(=O)N1c2ccccc2C(N(C(=O)c2ccccc2)c2ccccc2)CC1C. The lowest BCUT2D eigenvalue weighted by Crippen LogP contribution is -2.48. The molecule has 0 radical (unpaired) electrons. The molecule has 2 atom stereocenters. The molecule has 1 heterocycles. The topological polar surface area (TPSA) is 40.6 Å². The van der Waals surface area contributed by atoms with Gasteiger partial charge in [-0.05, 0) is 75.1 Å². The number of para-hydroxylation sites is 2. The zero-order valence-corrected chi connectivity index (χ0v) is 23.9. The lowest BCUT2D eigenvalue weighted by molar-refractivity contribution is -0.115. The number of rotatable bonds is 10. The van der Waals surface area contributed by atoms with Crippen LogP contribution in [0.5, 0.6) is 0 Å². The quantitative estimate of drug-likeness (QED) is 0.149. The number of nitrogens with zero attached hydrogens (tertiary/aromatic N) is 2. The van der Waals surface area contributed by atoms with Gasteiger partial charge in [-0.25, -0.2) is 0 Å². The number of allylic oxidation sites excluding steroid dienone is 3. The van der Waals surface area contributed by atoms with Crippen molar-refractivity contribution in [1.82, 2.24) is 0 Å². The minimum Gasteiger partial charge on any atom is -0.305 e. The Bertz CT molecular complexity index is 1370. The van der Waals surface area contributed by atoms with Crippen LogP contribution in [0.15, 0.2) is 121 Å². The summed E-state index contributed by atoms with van der Waals surface area (Å²) in [7, 11) is 0. The van der Waals surface area contributed by atoms with Gasteiger partial charge in [-0.1, -0.05) is 98.7 Å². The Hall–Kier alpha value is -4.18. The summed E-state index contributed by atoms with van der Waals surface area (Å²) in [5.74, 6) is -0.138. The third-order valence-electron chi connectivity index (χ3n) is 7.55. The molecular weight excluding hydrogens is 492 g/mol. The molecule has 4 heteroatoms. The van der Waals surface area contributed by atoms with Gasteiger partial charge in [0.25, 0.3) is 11.8 Å². The van der Waals surface area contributed by atoms with Crippen molar-refractivity contribution in [1.29, 1.82) is 0 Å². The van der Waals surface area contributed by atoms with Gasteiger partial charge in [0.1, 0.15) is 0 Å². The highest BCUT2D eigenvalue weighted by Crippen LogP contribution is 2.43. The normalized spacial score (nSPS) is 17.2. The summed E-state index contributed by atoms with van der Waals surface area (Å²) in [4.78, 5) is 31.7. The average molecular weight is 533 g/mol. The fourth-order valence-corrected chi connectivity index (χ4v) is 5.42. The molecule has 0 fully saturated rings. The molecule has 0 saturated heterocycles. The van der Waals surface area contributed by atoms with Gasteiger partial charge in [0.05, 0.1) is 6.04 Å². The number of fused-ring (bicyclic) bond motifs is 1. The van der Waals surface area contributed by atoms with Crippen LogP contribution in [0.25, 0.3) is 0 Å². The summed E-state index contributed by atoms with van der Waals surface area (Å²) in [6.07, 6.45) is 10.8. The number of hydrogen-bond donors (Lipinski definition) is 0. The van der Waals surface area contributed by atoms with Crippen molar-refractivity contribution >= 4 is 23.2 Å². The Morgan fingerprint density at radius 2 is 1.57 bits per heavy atom. The first kappa shape index (κ1) is 28.8. The van der Waals surface area contributed by atoms with Crippen molar-refractivity contribution in [3.63, 3.8) is 0 Å². The molecule has 0 spiro atoms.